The van der Waals surface area contributed by atoms with Gasteiger partial charge in [-0.05, 0) is 36.1 Å². The van der Waals surface area contributed by atoms with Gasteiger partial charge in [-0.1, -0.05) is 26.7 Å². The lowest BCUT2D eigenvalue weighted by atomic mass is 9.98. The molecule has 1 heterocycles. The number of ether oxygens (including phenoxy) is 1. The Morgan fingerprint density at radius 2 is 1.82 bits per heavy atom. The molecular weight excluding hydrogens is 214 g/mol. The van der Waals surface area contributed by atoms with Gasteiger partial charge in [-0.3, -0.25) is 4.79 Å². The molecule has 0 atom stereocenters. The second-order valence-corrected chi connectivity index (χ2v) is 4.45. The molecule has 0 spiro atoms. The van der Waals surface area contributed by atoms with Crippen LogP contribution in [0.15, 0.2) is 12.1 Å². The van der Waals surface area contributed by atoms with Crippen LogP contribution < -0.4 is 10.1 Å². The smallest absolute Gasteiger partial charge is 0.262 e. The Balaban J connectivity index is 2.36. The molecular formula is C14H19NO2. The Hall–Kier alpha value is -1.51. The number of rotatable bonds is 4. The van der Waals surface area contributed by atoms with Gasteiger partial charge in [0, 0.05) is 0 Å². The number of fused-ring (bicyclic) bond motifs is 1. The van der Waals surface area contributed by atoms with Crippen molar-refractivity contribution in [1.29, 1.82) is 0 Å². The fourth-order valence-corrected chi connectivity index (χ4v) is 2.22. The number of amides is 1. The molecule has 0 radical (unpaired) electrons. The van der Waals surface area contributed by atoms with Crippen LogP contribution in [0.5, 0.6) is 5.75 Å². The first-order chi connectivity index (χ1) is 8.24. The van der Waals surface area contributed by atoms with Crippen LogP contribution in [0, 0.1) is 0 Å². The van der Waals surface area contributed by atoms with Gasteiger partial charge in [-0.25, -0.2) is 0 Å². The molecule has 1 aromatic carbocycles. The number of nitrogens with one attached hydrogen (secondary N) is 1. The third kappa shape index (κ3) is 2.60. The minimum atomic E-state index is -0.0665. The molecule has 0 bridgehead atoms. The summed E-state index contributed by atoms with van der Waals surface area (Å²) in [5.74, 6) is 0.746. The van der Waals surface area contributed by atoms with E-state index in [9.17, 15) is 4.79 Å². The quantitative estimate of drug-likeness (QED) is 0.868. The standard InChI is InChI=1S/C14H19NO2/c1-3-5-10-7-12-13(8-11(10)6-4-2)17-9-14(16)15-12/h7-8H,3-6,9H2,1-2H3,(H,15,16). The molecule has 3 nitrogen and oxygen atoms in total. The van der Waals surface area contributed by atoms with Crippen molar-refractivity contribution in [3.05, 3.63) is 23.3 Å². The molecule has 0 saturated heterocycles. The van der Waals surface area contributed by atoms with E-state index in [-0.39, 0.29) is 12.5 Å². The summed E-state index contributed by atoms with van der Waals surface area (Å²) in [4.78, 5) is 11.3. The van der Waals surface area contributed by atoms with Gasteiger partial charge in [-0.15, -0.1) is 0 Å². The van der Waals surface area contributed by atoms with E-state index in [1.165, 1.54) is 11.1 Å². The maximum Gasteiger partial charge on any atom is 0.262 e. The molecule has 17 heavy (non-hydrogen) atoms. The largest absolute Gasteiger partial charge is 0.482 e. The van der Waals surface area contributed by atoms with Gasteiger partial charge in [0.25, 0.3) is 5.91 Å². The number of carbonyl (C=O) groups is 1. The van der Waals surface area contributed by atoms with Crippen molar-refractivity contribution in [1.82, 2.24) is 0 Å². The molecule has 3 heteroatoms. The van der Waals surface area contributed by atoms with Crippen LogP contribution in [0.3, 0.4) is 0 Å². The molecule has 92 valence electrons. The number of anilines is 1. The Bertz CT molecular complexity index is 426. The summed E-state index contributed by atoms with van der Waals surface area (Å²) in [5, 5.41) is 2.86. The topological polar surface area (TPSA) is 38.3 Å². The summed E-state index contributed by atoms with van der Waals surface area (Å²) in [6, 6.07) is 4.16. The zero-order chi connectivity index (χ0) is 12.3. The van der Waals surface area contributed by atoms with Gasteiger partial charge in [0.1, 0.15) is 5.75 Å². The minimum absolute atomic E-state index is 0.0665. The molecule has 1 N–H and O–H groups in total. The Labute approximate surface area is 102 Å². The van der Waals surface area contributed by atoms with Crippen LogP contribution in [-0.2, 0) is 17.6 Å². The van der Waals surface area contributed by atoms with Crippen molar-refractivity contribution in [2.45, 2.75) is 39.5 Å². The zero-order valence-electron chi connectivity index (χ0n) is 10.5. The summed E-state index contributed by atoms with van der Waals surface area (Å²) in [7, 11) is 0. The molecule has 0 aromatic heterocycles. The van der Waals surface area contributed by atoms with E-state index in [1.54, 1.807) is 0 Å². The molecule has 1 aliphatic rings. The first-order valence-electron chi connectivity index (χ1n) is 6.33. The highest BCUT2D eigenvalue weighted by Crippen LogP contribution is 2.32. The highest BCUT2D eigenvalue weighted by molar-refractivity contribution is 5.95. The van der Waals surface area contributed by atoms with Crippen LogP contribution in [0.25, 0.3) is 0 Å². The van der Waals surface area contributed by atoms with Gasteiger partial charge >= 0.3 is 0 Å². The van der Waals surface area contributed by atoms with Crippen LogP contribution >= 0.6 is 0 Å². The second-order valence-electron chi connectivity index (χ2n) is 4.45. The van der Waals surface area contributed by atoms with Gasteiger partial charge < -0.3 is 10.1 Å². The number of hydrogen-bond donors (Lipinski definition) is 1. The van der Waals surface area contributed by atoms with Crippen LogP contribution in [0.1, 0.15) is 37.8 Å². The Morgan fingerprint density at radius 1 is 1.18 bits per heavy atom. The van der Waals surface area contributed by atoms with E-state index in [1.807, 2.05) is 0 Å². The summed E-state index contributed by atoms with van der Waals surface area (Å²) in [6.45, 7) is 4.48. The van der Waals surface area contributed by atoms with Crippen molar-refractivity contribution < 1.29 is 9.53 Å². The van der Waals surface area contributed by atoms with E-state index < -0.39 is 0 Å². The van der Waals surface area contributed by atoms with E-state index in [0.717, 1.165) is 37.1 Å². The van der Waals surface area contributed by atoms with Gasteiger partial charge in [-0.2, -0.15) is 0 Å². The normalized spacial score (nSPS) is 13.9. The van der Waals surface area contributed by atoms with Crippen molar-refractivity contribution in [3.63, 3.8) is 0 Å². The second kappa shape index (κ2) is 5.21. The monoisotopic (exact) mass is 233 g/mol. The molecule has 0 saturated carbocycles. The number of hydrogen-bond acceptors (Lipinski definition) is 2. The maximum atomic E-state index is 11.3. The lowest BCUT2D eigenvalue weighted by Gasteiger charge is -2.21. The summed E-state index contributed by atoms with van der Waals surface area (Å²) >= 11 is 0. The van der Waals surface area contributed by atoms with Gasteiger partial charge in [0.2, 0.25) is 0 Å². The predicted octanol–water partition coefficient (Wildman–Crippen LogP) is 2.92. The first kappa shape index (κ1) is 12.0. The Morgan fingerprint density at radius 3 is 2.47 bits per heavy atom. The SMILES string of the molecule is CCCc1cc2c(cc1CCC)OCC(=O)N2. The average molecular weight is 233 g/mol. The third-order valence-electron chi connectivity index (χ3n) is 2.97. The van der Waals surface area contributed by atoms with Crippen LogP contribution in [-0.4, -0.2) is 12.5 Å². The lowest BCUT2D eigenvalue weighted by Crippen LogP contribution is -2.25. The van der Waals surface area contributed by atoms with E-state index in [4.69, 9.17) is 4.74 Å². The summed E-state index contributed by atoms with van der Waals surface area (Å²) in [5.41, 5.74) is 3.51. The highest BCUT2D eigenvalue weighted by Gasteiger charge is 2.17. The predicted molar refractivity (Wildman–Crippen MR) is 68.6 cm³/mol. The maximum absolute atomic E-state index is 11.3. The van der Waals surface area contributed by atoms with E-state index in [2.05, 4.69) is 31.3 Å². The minimum Gasteiger partial charge on any atom is -0.482 e. The van der Waals surface area contributed by atoms with Gasteiger partial charge in [0.05, 0.1) is 5.69 Å². The Kier molecular flexibility index (Phi) is 3.67. The van der Waals surface area contributed by atoms with E-state index >= 15 is 0 Å². The third-order valence-corrected chi connectivity index (χ3v) is 2.97. The lowest BCUT2D eigenvalue weighted by molar-refractivity contribution is -0.118. The fourth-order valence-electron chi connectivity index (χ4n) is 2.22. The molecule has 1 amide bonds. The van der Waals surface area contributed by atoms with Crippen LogP contribution in [0.2, 0.25) is 0 Å². The number of aryl methyl sites for hydroxylation is 2. The van der Waals surface area contributed by atoms with Crippen LogP contribution in [0.4, 0.5) is 5.69 Å². The van der Waals surface area contributed by atoms with Crippen molar-refractivity contribution in [2.75, 3.05) is 11.9 Å². The number of carbonyl (C=O) groups excluding carboxylic acids is 1. The first-order valence-corrected chi connectivity index (χ1v) is 6.33. The fraction of sp³-hybridized carbons (Fsp3) is 0.500. The highest BCUT2D eigenvalue weighted by atomic mass is 16.5. The summed E-state index contributed by atoms with van der Waals surface area (Å²) in [6.07, 6.45) is 4.37. The molecule has 2 rings (SSSR count). The molecule has 0 unspecified atom stereocenters. The van der Waals surface area contributed by atoms with Crippen molar-refractivity contribution in [2.24, 2.45) is 0 Å². The molecule has 1 aromatic rings. The molecule has 1 aliphatic heterocycles. The number of benzene rings is 1. The average Bonchev–Trinajstić information content (AvgIpc) is 2.31. The summed E-state index contributed by atoms with van der Waals surface area (Å²) < 4.78 is 5.44. The zero-order valence-corrected chi connectivity index (χ0v) is 10.5. The van der Waals surface area contributed by atoms with Crippen molar-refractivity contribution >= 4 is 11.6 Å². The van der Waals surface area contributed by atoms with Gasteiger partial charge in [0.15, 0.2) is 6.61 Å². The van der Waals surface area contributed by atoms with Crippen molar-refractivity contribution in [3.8, 4) is 5.75 Å². The molecule has 0 fully saturated rings. The molecule has 0 aliphatic carbocycles. The van der Waals surface area contributed by atoms with E-state index in [0.29, 0.717) is 0 Å².